The number of benzene rings is 1. The van der Waals surface area contributed by atoms with Gasteiger partial charge in [0.1, 0.15) is 0 Å². The van der Waals surface area contributed by atoms with E-state index in [2.05, 4.69) is 0 Å². The molecule has 0 aliphatic rings. The molecule has 0 spiro atoms. The van der Waals surface area contributed by atoms with Gasteiger partial charge in [0.15, 0.2) is 0 Å². The van der Waals surface area contributed by atoms with E-state index in [1.165, 1.54) is 6.07 Å². The molecule has 1 aromatic rings. The fourth-order valence-electron chi connectivity index (χ4n) is 1.37. The van der Waals surface area contributed by atoms with E-state index in [4.69, 9.17) is 5.73 Å². The van der Waals surface area contributed by atoms with Crippen molar-refractivity contribution in [2.75, 3.05) is 0 Å². The topological polar surface area (TPSA) is 26.0 Å². The average Bonchev–Trinajstić information content (AvgIpc) is 2.16. The van der Waals surface area contributed by atoms with Crippen LogP contribution in [-0.2, 0) is 0 Å². The van der Waals surface area contributed by atoms with Gasteiger partial charge in [-0.2, -0.15) is 0 Å². The summed E-state index contributed by atoms with van der Waals surface area (Å²) in [6.45, 7) is 3.85. The van der Waals surface area contributed by atoms with Crippen LogP contribution in [0.3, 0.4) is 0 Å². The normalized spacial score (nSPS) is 13.6. The molecule has 1 nitrogen and oxygen atoms in total. The molecule has 78 valence electrons. The Morgan fingerprint density at radius 3 is 2.00 bits per heavy atom. The van der Waals surface area contributed by atoms with Gasteiger partial charge < -0.3 is 5.73 Å². The van der Waals surface area contributed by atoms with Crippen LogP contribution in [0, 0.1) is 5.92 Å². The number of rotatable bonds is 3. The van der Waals surface area contributed by atoms with Crippen molar-refractivity contribution in [3.63, 3.8) is 0 Å². The van der Waals surface area contributed by atoms with Gasteiger partial charge in [-0.1, -0.05) is 38.1 Å². The summed E-state index contributed by atoms with van der Waals surface area (Å²) >= 11 is 0. The van der Waals surface area contributed by atoms with Crippen LogP contribution in [0.1, 0.15) is 37.4 Å². The fourth-order valence-corrected chi connectivity index (χ4v) is 1.37. The number of alkyl halides is 2. The maximum Gasteiger partial charge on any atom is 0.264 e. The smallest absolute Gasteiger partial charge is 0.264 e. The fraction of sp³-hybridized carbons (Fsp3) is 0.455. The predicted molar refractivity (Wildman–Crippen MR) is 53.2 cm³/mol. The van der Waals surface area contributed by atoms with Gasteiger partial charge in [0, 0.05) is 11.6 Å². The molecule has 0 unspecified atom stereocenters. The summed E-state index contributed by atoms with van der Waals surface area (Å²) in [6, 6.07) is 6.14. The molecule has 0 radical (unpaired) electrons. The highest BCUT2D eigenvalue weighted by molar-refractivity contribution is 5.31. The number of halogens is 2. The van der Waals surface area contributed by atoms with Gasteiger partial charge in [-0.15, -0.1) is 0 Å². The molecule has 0 aliphatic heterocycles. The van der Waals surface area contributed by atoms with E-state index in [-0.39, 0.29) is 17.5 Å². The summed E-state index contributed by atoms with van der Waals surface area (Å²) in [5.41, 5.74) is 6.45. The molecule has 1 atom stereocenters. The first kappa shape index (κ1) is 11.1. The Morgan fingerprint density at radius 2 is 1.57 bits per heavy atom. The predicted octanol–water partition coefficient (Wildman–Crippen LogP) is 3.28. The highest BCUT2D eigenvalue weighted by Gasteiger charge is 2.18. The van der Waals surface area contributed by atoms with Crippen LogP contribution in [-0.4, -0.2) is 0 Å². The lowest BCUT2D eigenvalue weighted by Gasteiger charge is -2.19. The summed E-state index contributed by atoms with van der Waals surface area (Å²) in [5, 5.41) is 0. The molecule has 0 bridgehead atoms. The van der Waals surface area contributed by atoms with Crippen LogP contribution in [0.5, 0.6) is 0 Å². The maximum atomic E-state index is 12.6. The van der Waals surface area contributed by atoms with Crippen LogP contribution in [0.4, 0.5) is 8.78 Å². The molecule has 0 heterocycles. The van der Waals surface area contributed by atoms with Crippen LogP contribution >= 0.6 is 0 Å². The third-order valence-electron chi connectivity index (χ3n) is 2.31. The van der Waals surface area contributed by atoms with Gasteiger partial charge in [-0.05, 0) is 11.5 Å². The average molecular weight is 199 g/mol. The molecular weight excluding hydrogens is 184 g/mol. The van der Waals surface area contributed by atoms with Crippen molar-refractivity contribution >= 4 is 0 Å². The van der Waals surface area contributed by atoms with Gasteiger partial charge in [0.05, 0.1) is 0 Å². The molecular formula is C11H15F2N. The van der Waals surface area contributed by atoms with Crippen molar-refractivity contribution < 1.29 is 8.78 Å². The molecule has 0 aliphatic carbocycles. The Bertz CT molecular complexity index is 297. The summed E-state index contributed by atoms with van der Waals surface area (Å²) in [7, 11) is 0. The van der Waals surface area contributed by atoms with E-state index >= 15 is 0 Å². The second kappa shape index (κ2) is 4.51. The molecule has 3 heteroatoms. The first-order valence-corrected chi connectivity index (χ1v) is 4.66. The van der Waals surface area contributed by atoms with Crippen LogP contribution < -0.4 is 5.73 Å². The molecule has 14 heavy (non-hydrogen) atoms. The second-order valence-corrected chi connectivity index (χ2v) is 3.70. The molecule has 1 rings (SSSR count). The van der Waals surface area contributed by atoms with Gasteiger partial charge in [0.25, 0.3) is 6.43 Å². The molecule has 0 fully saturated rings. The number of hydrogen-bond donors (Lipinski definition) is 1. The Morgan fingerprint density at radius 1 is 1.07 bits per heavy atom. The minimum absolute atomic E-state index is 0.0497. The zero-order chi connectivity index (χ0) is 10.7. The van der Waals surface area contributed by atoms with Crippen molar-refractivity contribution in [1.29, 1.82) is 0 Å². The van der Waals surface area contributed by atoms with Crippen molar-refractivity contribution in [1.82, 2.24) is 0 Å². The Hall–Kier alpha value is -0.960. The maximum absolute atomic E-state index is 12.6. The van der Waals surface area contributed by atoms with Gasteiger partial charge in [-0.3, -0.25) is 0 Å². The lowest BCUT2D eigenvalue weighted by atomic mass is 9.93. The third kappa shape index (κ3) is 2.29. The Balaban J connectivity index is 3.06. The number of hydrogen-bond acceptors (Lipinski definition) is 1. The largest absolute Gasteiger partial charge is 0.324 e. The summed E-state index contributed by atoms with van der Waals surface area (Å²) in [4.78, 5) is 0. The minimum atomic E-state index is -2.45. The van der Waals surface area contributed by atoms with E-state index in [0.29, 0.717) is 5.56 Å². The van der Waals surface area contributed by atoms with Crippen LogP contribution in [0.25, 0.3) is 0 Å². The zero-order valence-corrected chi connectivity index (χ0v) is 8.37. The van der Waals surface area contributed by atoms with Gasteiger partial charge >= 0.3 is 0 Å². The van der Waals surface area contributed by atoms with E-state index in [9.17, 15) is 8.78 Å². The Kier molecular flexibility index (Phi) is 3.58. The summed E-state index contributed by atoms with van der Waals surface area (Å²) in [6.07, 6.45) is -2.45. The lowest BCUT2D eigenvalue weighted by molar-refractivity contribution is 0.149. The van der Waals surface area contributed by atoms with Crippen molar-refractivity contribution in [2.45, 2.75) is 26.3 Å². The monoisotopic (exact) mass is 199 g/mol. The highest BCUT2D eigenvalue weighted by Crippen LogP contribution is 2.29. The molecule has 0 amide bonds. The summed E-state index contributed by atoms with van der Waals surface area (Å²) in [5.74, 6) is 0.162. The quantitative estimate of drug-likeness (QED) is 0.794. The first-order chi connectivity index (χ1) is 6.54. The Labute approximate surface area is 82.9 Å². The van der Waals surface area contributed by atoms with Gasteiger partial charge in [-0.25, -0.2) is 8.78 Å². The second-order valence-electron chi connectivity index (χ2n) is 3.70. The van der Waals surface area contributed by atoms with E-state index in [1.54, 1.807) is 18.2 Å². The lowest BCUT2D eigenvalue weighted by Crippen LogP contribution is -2.18. The SMILES string of the molecule is CC(C)[C@@H](N)c1ccccc1C(F)F. The molecule has 0 saturated carbocycles. The van der Waals surface area contributed by atoms with Gasteiger partial charge in [0.2, 0.25) is 0 Å². The summed E-state index contributed by atoms with van der Waals surface area (Å²) < 4.78 is 25.2. The van der Waals surface area contributed by atoms with Crippen LogP contribution in [0.15, 0.2) is 24.3 Å². The number of nitrogens with two attached hydrogens (primary N) is 1. The molecule has 0 aromatic heterocycles. The zero-order valence-electron chi connectivity index (χ0n) is 8.37. The standard InChI is InChI=1S/C11H15F2N/c1-7(2)10(14)8-5-3-4-6-9(8)11(12)13/h3-7,10-11H,14H2,1-2H3/t10-/m1/s1. The first-order valence-electron chi connectivity index (χ1n) is 4.66. The van der Waals surface area contributed by atoms with Crippen molar-refractivity contribution in [3.05, 3.63) is 35.4 Å². The van der Waals surface area contributed by atoms with E-state index < -0.39 is 6.43 Å². The third-order valence-corrected chi connectivity index (χ3v) is 2.31. The highest BCUT2D eigenvalue weighted by atomic mass is 19.3. The minimum Gasteiger partial charge on any atom is -0.324 e. The van der Waals surface area contributed by atoms with Crippen molar-refractivity contribution in [3.8, 4) is 0 Å². The van der Waals surface area contributed by atoms with Crippen molar-refractivity contribution in [2.24, 2.45) is 11.7 Å². The van der Waals surface area contributed by atoms with E-state index in [1.807, 2.05) is 13.8 Å². The van der Waals surface area contributed by atoms with E-state index in [0.717, 1.165) is 0 Å². The molecule has 2 N–H and O–H groups in total. The molecule has 0 saturated heterocycles. The van der Waals surface area contributed by atoms with Crippen LogP contribution in [0.2, 0.25) is 0 Å². The molecule has 1 aromatic carbocycles.